The second kappa shape index (κ2) is 10.7. The van der Waals surface area contributed by atoms with Crippen LogP contribution in [-0.2, 0) is 6.54 Å². The Balaban J connectivity index is 1.31. The minimum absolute atomic E-state index is 0.106. The summed E-state index contributed by atoms with van der Waals surface area (Å²) in [5, 5.41) is 5.91. The maximum Gasteiger partial charge on any atom is 0.321 e. The number of ether oxygens (including phenoxy) is 1. The van der Waals surface area contributed by atoms with Crippen LogP contribution in [0, 0.1) is 6.92 Å². The number of urea groups is 1. The van der Waals surface area contributed by atoms with Crippen LogP contribution in [0.4, 0.5) is 10.5 Å². The molecule has 1 saturated heterocycles. The quantitative estimate of drug-likeness (QED) is 0.563. The molecule has 1 aliphatic rings. The van der Waals surface area contributed by atoms with Crippen molar-refractivity contribution in [3.63, 3.8) is 0 Å². The van der Waals surface area contributed by atoms with Gasteiger partial charge in [-0.05, 0) is 42.3 Å². The zero-order chi connectivity index (χ0) is 23.0. The topological polar surface area (TPSA) is 70.7 Å². The van der Waals surface area contributed by atoms with Gasteiger partial charge < -0.3 is 20.3 Å². The van der Waals surface area contributed by atoms with Crippen molar-refractivity contribution in [2.75, 3.05) is 18.4 Å². The molecule has 0 unspecified atom stereocenters. The van der Waals surface area contributed by atoms with Crippen molar-refractivity contribution >= 4 is 17.6 Å². The summed E-state index contributed by atoms with van der Waals surface area (Å²) < 4.78 is 6.01. The molecule has 0 bridgehead atoms. The molecule has 170 valence electrons. The van der Waals surface area contributed by atoms with E-state index in [1.54, 1.807) is 17.0 Å². The number of piperidine rings is 1. The molecule has 4 rings (SSSR count). The predicted molar refractivity (Wildman–Crippen MR) is 129 cm³/mol. The van der Waals surface area contributed by atoms with Gasteiger partial charge in [0.15, 0.2) is 0 Å². The second-order valence-corrected chi connectivity index (χ2v) is 8.25. The number of carbonyl (C=O) groups excluding carboxylic acids is 2. The monoisotopic (exact) mass is 443 g/mol. The van der Waals surface area contributed by atoms with Crippen LogP contribution in [0.2, 0.25) is 0 Å². The zero-order valence-corrected chi connectivity index (χ0v) is 18.8. The molecule has 33 heavy (non-hydrogen) atoms. The number of para-hydroxylation sites is 1. The first kappa shape index (κ1) is 22.4. The van der Waals surface area contributed by atoms with Gasteiger partial charge in [0.05, 0.1) is 0 Å². The number of nitrogens with one attached hydrogen (secondary N) is 2. The minimum Gasteiger partial charge on any atom is -0.490 e. The average molecular weight is 444 g/mol. The van der Waals surface area contributed by atoms with E-state index in [1.165, 1.54) is 0 Å². The number of carbonyl (C=O) groups is 2. The Bertz CT molecular complexity index is 1080. The van der Waals surface area contributed by atoms with E-state index >= 15 is 0 Å². The van der Waals surface area contributed by atoms with E-state index in [1.807, 2.05) is 73.7 Å². The number of anilines is 1. The third kappa shape index (κ3) is 6.13. The summed E-state index contributed by atoms with van der Waals surface area (Å²) in [6, 6.07) is 24.7. The molecule has 0 aliphatic carbocycles. The maximum atomic E-state index is 12.9. The van der Waals surface area contributed by atoms with Crippen molar-refractivity contribution in [3.05, 3.63) is 95.6 Å². The summed E-state index contributed by atoms with van der Waals surface area (Å²) in [5.41, 5.74) is 3.10. The Hall–Kier alpha value is -3.80. The van der Waals surface area contributed by atoms with Gasteiger partial charge in [-0.3, -0.25) is 4.79 Å². The van der Waals surface area contributed by atoms with Crippen molar-refractivity contribution in [2.24, 2.45) is 0 Å². The summed E-state index contributed by atoms with van der Waals surface area (Å²) in [7, 11) is 0. The van der Waals surface area contributed by atoms with Gasteiger partial charge in [-0.15, -0.1) is 0 Å². The summed E-state index contributed by atoms with van der Waals surface area (Å²) in [6.45, 7) is 3.62. The van der Waals surface area contributed by atoms with Gasteiger partial charge in [0.2, 0.25) is 0 Å². The lowest BCUT2D eigenvalue weighted by molar-refractivity contribution is 0.0950. The highest BCUT2D eigenvalue weighted by atomic mass is 16.5. The number of benzene rings is 3. The van der Waals surface area contributed by atoms with Gasteiger partial charge in [0.25, 0.3) is 5.91 Å². The zero-order valence-electron chi connectivity index (χ0n) is 18.8. The third-order valence-corrected chi connectivity index (χ3v) is 5.81. The van der Waals surface area contributed by atoms with E-state index in [0.29, 0.717) is 30.9 Å². The number of amides is 3. The summed E-state index contributed by atoms with van der Waals surface area (Å²) in [4.78, 5) is 27.3. The van der Waals surface area contributed by atoms with Gasteiger partial charge >= 0.3 is 6.03 Å². The van der Waals surface area contributed by atoms with E-state index in [-0.39, 0.29) is 18.0 Å². The van der Waals surface area contributed by atoms with Crippen molar-refractivity contribution in [3.8, 4) is 5.75 Å². The molecule has 0 aromatic heterocycles. The maximum absolute atomic E-state index is 12.9. The number of rotatable bonds is 6. The van der Waals surface area contributed by atoms with Gasteiger partial charge in [0.1, 0.15) is 11.9 Å². The van der Waals surface area contributed by atoms with E-state index in [0.717, 1.165) is 29.7 Å². The molecule has 1 aliphatic heterocycles. The molecule has 1 fully saturated rings. The first-order chi connectivity index (χ1) is 16.1. The molecule has 2 N–H and O–H groups in total. The molecule has 6 nitrogen and oxygen atoms in total. The highest BCUT2D eigenvalue weighted by Gasteiger charge is 2.24. The van der Waals surface area contributed by atoms with Crippen LogP contribution in [0.5, 0.6) is 5.75 Å². The SMILES string of the molecule is Cc1ccc(C(=O)NCc2ccccc2)cc1NC(=O)N1CCC(Oc2ccccc2)CC1. The van der Waals surface area contributed by atoms with Gasteiger partial charge in [0, 0.05) is 43.7 Å². The normalized spacial score (nSPS) is 13.9. The van der Waals surface area contributed by atoms with Crippen LogP contribution in [0.1, 0.15) is 34.3 Å². The van der Waals surface area contributed by atoms with Crippen LogP contribution in [0.25, 0.3) is 0 Å². The molecule has 0 radical (unpaired) electrons. The van der Waals surface area contributed by atoms with Crippen LogP contribution in [0.15, 0.2) is 78.9 Å². The standard InChI is InChI=1S/C27H29N3O3/c1-20-12-13-22(26(31)28-19-21-8-4-2-5-9-21)18-25(20)29-27(32)30-16-14-24(15-17-30)33-23-10-6-3-7-11-23/h2-13,18,24H,14-17,19H2,1H3,(H,28,31)(H,29,32). The lowest BCUT2D eigenvalue weighted by Crippen LogP contribution is -2.43. The molecule has 3 amide bonds. The fourth-order valence-electron chi connectivity index (χ4n) is 3.84. The summed E-state index contributed by atoms with van der Waals surface area (Å²) in [5.74, 6) is 0.687. The smallest absolute Gasteiger partial charge is 0.321 e. The van der Waals surface area contributed by atoms with Crippen molar-refractivity contribution in [2.45, 2.75) is 32.4 Å². The van der Waals surface area contributed by atoms with E-state index in [4.69, 9.17) is 4.74 Å². The highest BCUT2D eigenvalue weighted by molar-refractivity contribution is 5.97. The first-order valence-corrected chi connectivity index (χ1v) is 11.3. The van der Waals surface area contributed by atoms with Crippen molar-refractivity contribution in [1.82, 2.24) is 10.2 Å². The van der Waals surface area contributed by atoms with Gasteiger partial charge in [-0.1, -0.05) is 54.6 Å². The van der Waals surface area contributed by atoms with Crippen LogP contribution < -0.4 is 15.4 Å². The Labute approximate surface area is 194 Å². The number of aryl methyl sites for hydroxylation is 1. The predicted octanol–water partition coefficient (Wildman–Crippen LogP) is 5.00. The van der Waals surface area contributed by atoms with Crippen molar-refractivity contribution < 1.29 is 14.3 Å². The minimum atomic E-state index is -0.173. The highest BCUT2D eigenvalue weighted by Crippen LogP contribution is 2.21. The molecule has 3 aromatic carbocycles. The lowest BCUT2D eigenvalue weighted by Gasteiger charge is -2.32. The Morgan fingerprint density at radius 1 is 0.939 bits per heavy atom. The number of nitrogens with zero attached hydrogens (tertiary/aromatic N) is 1. The molecule has 0 atom stereocenters. The van der Waals surface area contributed by atoms with Crippen LogP contribution in [-0.4, -0.2) is 36.0 Å². The van der Waals surface area contributed by atoms with Crippen LogP contribution >= 0.6 is 0 Å². The Morgan fingerprint density at radius 2 is 1.61 bits per heavy atom. The number of likely N-dealkylation sites (tertiary alicyclic amines) is 1. The van der Waals surface area contributed by atoms with E-state index in [2.05, 4.69) is 10.6 Å². The molecule has 3 aromatic rings. The van der Waals surface area contributed by atoms with Gasteiger partial charge in [-0.25, -0.2) is 4.79 Å². The van der Waals surface area contributed by atoms with E-state index in [9.17, 15) is 9.59 Å². The largest absolute Gasteiger partial charge is 0.490 e. The second-order valence-electron chi connectivity index (χ2n) is 8.25. The molecule has 0 spiro atoms. The summed E-state index contributed by atoms with van der Waals surface area (Å²) in [6.07, 6.45) is 1.67. The molecule has 6 heteroatoms. The van der Waals surface area contributed by atoms with Crippen LogP contribution in [0.3, 0.4) is 0 Å². The Morgan fingerprint density at radius 3 is 2.30 bits per heavy atom. The van der Waals surface area contributed by atoms with Crippen molar-refractivity contribution in [1.29, 1.82) is 0 Å². The molecule has 1 heterocycles. The van der Waals surface area contributed by atoms with E-state index < -0.39 is 0 Å². The first-order valence-electron chi connectivity index (χ1n) is 11.3. The third-order valence-electron chi connectivity index (χ3n) is 5.81. The molecular weight excluding hydrogens is 414 g/mol. The molecular formula is C27H29N3O3. The lowest BCUT2D eigenvalue weighted by atomic mass is 10.1. The molecule has 0 saturated carbocycles. The van der Waals surface area contributed by atoms with Gasteiger partial charge in [-0.2, -0.15) is 0 Å². The fraction of sp³-hybridized carbons (Fsp3) is 0.259. The Kier molecular flexibility index (Phi) is 7.25. The average Bonchev–Trinajstić information content (AvgIpc) is 2.85. The fourth-order valence-corrected chi connectivity index (χ4v) is 3.84. The number of hydrogen-bond donors (Lipinski definition) is 2. The summed E-state index contributed by atoms with van der Waals surface area (Å²) >= 11 is 0. The number of hydrogen-bond acceptors (Lipinski definition) is 3.